The summed E-state index contributed by atoms with van der Waals surface area (Å²) in [7, 11) is 7.10. The fourth-order valence-corrected chi connectivity index (χ4v) is 14.7. The first kappa shape index (κ1) is 72.2. The van der Waals surface area contributed by atoms with Gasteiger partial charge in [-0.1, -0.05) is 86.1 Å². The number of hydrogen-bond donors (Lipinski definition) is 3. The molecule has 14 atom stereocenters. The number of amides is 6. The minimum atomic E-state index is -2.20. The number of carbonyl (C=O) groups is 11. The number of hydrogen-bond acceptors (Lipinski definition) is 17. The summed E-state index contributed by atoms with van der Waals surface area (Å²) in [6, 6.07) is -6.25. The van der Waals surface area contributed by atoms with Crippen LogP contribution in [0, 0.1) is 46.3 Å². The Hall–Kier alpha value is -6.56. The number of fused-ring (bicyclic) bond motifs is 5. The summed E-state index contributed by atoms with van der Waals surface area (Å²) in [4.78, 5) is 157. The van der Waals surface area contributed by atoms with E-state index < -0.39 is 168 Å². The number of alkyl halides is 1. The monoisotopic (exact) mass is 1240 g/mol. The predicted octanol–water partition coefficient (Wildman–Crippen LogP) is 5.03. The lowest BCUT2D eigenvalue weighted by Crippen LogP contribution is -2.69. The Morgan fingerprint density at radius 2 is 1.51 bits per heavy atom. The molecule has 3 N–H and O–H groups in total. The lowest BCUT2D eigenvalue weighted by molar-refractivity contribution is -0.220. The average molecular weight is 1240 g/mol. The summed E-state index contributed by atoms with van der Waals surface area (Å²) in [6.45, 7) is 17.2. The van der Waals surface area contributed by atoms with Crippen LogP contribution in [0.15, 0.2) is 36.0 Å². The van der Waals surface area contributed by atoms with Gasteiger partial charge in [0.2, 0.25) is 48.0 Å². The zero-order valence-corrected chi connectivity index (χ0v) is 54.4. The molecule has 6 amide bonds. The van der Waals surface area contributed by atoms with Crippen molar-refractivity contribution in [3.8, 4) is 0 Å². The van der Waals surface area contributed by atoms with Gasteiger partial charge in [0.05, 0.1) is 31.5 Å². The molecule has 3 saturated carbocycles. The van der Waals surface area contributed by atoms with Crippen LogP contribution in [-0.4, -0.2) is 209 Å². The van der Waals surface area contributed by atoms with Gasteiger partial charge >= 0.3 is 18.1 Å². The molecule has 5 aliphatic rings. The minimum Gasteiger partial charge on any atom is -0.458 e. The number of allylic oxidation sites excluding steroid dienone is 5. The summed E-state index contributed by atoms with van der Waals surface area (Å²) >= 11 is 0. The zero-order chi connectivity index (χ0) is 66.3. The van der Waals surface area contributed by atoms with Gasteiger partial charge in [-0.05, 0) is 107 Å². The molecule has 23 nitrogen and oxygen atoms in total. The molecule has 2 unspecified atom stereocenters. The van der Waals surface area contributed by atoms with Gasteiger partial charge < -0.3 is 59.0 Å². The average Bonchev–Trinajstić information content (AvgIpc) is 1.32. The SMILES string of the molecule is C/C=C/C[C@@H]1[C@@H](OC(=O)OCOC(=O)CCC(=O)OCC(=O)[C@@]2(O)[C@H](C)CC3C4CCC5=CC(=O)C=C[C@]5(C)[C@@]4(F)[C@@H](O)C[C@@]32C)[C@H](N(C)C(=O)[C@H](C(C)C)N(C)C(=O)[C@H](CC(C)C)N(C)C(=O)CCC(C)C)C(=O)N1[C@@H](CC)C(=O)N(C)CC(=O)NC. The highest BCUT2D eigenvalue weighted by atomic mass is 19.1. The topological polar surface area (TPSA) is 293 Å². The summed E-state index contributed by atoms with van der Waals surface area (Å²) < 4.78 is 39.1. The number of Topliss-reactive ketones (excluding diaryl/α,β-unsaturated/α-hetero) is 1. The summed E-state index contributed by atoms with van der Waals surface area (Å²) in [5.41, 5.74) is -6.36. The maximum Gasteiger partial charge on any atom is 0.511 e. The molecule has 88 heavy (non-hydrogen) atoms. The number of aliphatic hydroxyl groups is 2. The molecule has 0 aromatic heterocycles. The molecule has 1 heterocycles. The number of carbonyl (C=O) groups excluding carboxylic acids is 11. The Labute approximate surface area is 517 Å². The van der Waals surface area contributed by atoms with Crippen LogP contribution >= 0.6 is 0 Å². The number of ketones is 2. The lowest BCUT2D eigenvalue weighted by atomic mass is 9.44. The zero-order valence-electron chi connectivity index (χ0n) is 54.4. The first-order valence-corrected chi connectivity index (χ1v) is 30.9. The van der Waals surface area contributed by atoms with E-state index in [9.17, 15) is 53.4 Å². The molecule has 0 radical (unpaired) electrons. The highest BCUT2D eigenvalue weighted by Crippen LogP contribution is 2.70. The van der Waals surface area contributed by atoms with E-state index >= 15 is 14.0 Å². The molecule has 4 fully saturated rings. The summed E-state index contributed by atoms with van der Waals surface area (Å²) in [5, 5.41) is 26.5. The Kier molecular flexibility index (Phi) is 24.1. The number of likely N-dealkylation sites (N-methyl/N-ethyl adjacent to an activating group) is 5. The van der Waals surface area contributed by atoms with E-state index in [1.165, 1.54) is 61.1 Å². The van der Waals surface area contributed by atoms with Crippen LogP contribution in [0.5, 0.6) is 0 Å². The number of likely N-dealkylation sites (tertiary alicyclic amines) is 1. The number of aliphatic hydroxyl groups excluding tert-OH is 1. The van der Waals surface area contributed by atoms with Crippen molar-refractivity contribution in [1.29, 1.82) is 0 Å². The number of rotatable bonds is 27. The Morgan fingerprint density at radius 1 is 0.875 bits per heavy atom. The number of nitrogens with one attached hydrogen (secondary N) is 1. The van der Waals surface area contributed by atoms with Crippen molar-refractivity contribution in [2.45, 2.75) is 200 Å². The Bertz CT molecular complexity index is 2750. The molecule has 0 aromatic carbocycles. The smallest absolute Gasteiger partial charge is 0.458 e. The van der Waals surface area contributed by atoms with Crippen LogP contribution in [0.2, 0.25) is 0 Å². The first-order valence-electron chi connectivity index (χ1n) is 30.9. The maximum absolute atomic E-state index is 17.7. The van der Waals surface area contributed by atoms with Gasteiger partial charge in [0, 0.05) is 58.4 Å². The van der Waals surface area contributed by atoms with Crippen LogP contribution in [-0.2, 0) is 66.9 Å². The lowest BCUT2D eigenvalue weighted by Gasteiger charge is -2.62. The molecule has 0 spiro atoms. The first-order chi connectivity index (χ1) is 41.0. The fraction of sp³-hybridized carbons (Fsp3) is 0.734. The summed E-state index contributed by atoms with van der Waals surface area (Å²) in [6.07, 6.45) is 3.34. The molecule has 0 bridgehead atoms. The van der Waals surface area contributed by atoms with Gasteiger partial charge in [-0.15, -0.1) is 0 Å². The maximum atomic E-state index is 17.7. The van der Waals surface area contributed by atoms with E-state index in [2.05, 4.69) is 5.32 Å². The van der Waals surface area contributed by atoms with Gasteiger partial charge in [-0.25, -0.2) is 9.18 Å². The third kappa shape index (κ3) is 14.4. The molecule has 4 aliphatic carbocycles. The van der Waals surface area contributed by atoms with Crippen LogP contribution in [0.1, 0.15) is 147 Å². The highest BCUT2D eigenvalue weighted by Gasteiger charge is 2.75. The number of halogens is 1. The van der Waals surface area contributed by atoms with Gasteiger partial charge in [0.1, 0.15) is 29.8 Å². The molecular weight excluding hydrogens is 1140 g/mol. The predicted molar refractivity (Wildman–Crippen MR) is 319 cm³/mol. The molecule has 0 aromatic rings. The second-order valence-electron chi connectivity index (χ2n) is 26.4. The van der Waals surface area contributed by atoms with E-state index in [0.717, 1.165) is 9.80 Å². The second kappa shape index (κ2) is 29.4. The quantitative estimate of drug-likeness (QED) is 0.0421. The third-order valence-corrected chi connectivity index (χ3v) is 19.6. The van der Waals surface area contributed by atoms with Crippen molar-refractivity contribution >= 4 is 65.1 Å². The molecule has 5 rings (SSSR count). The normalized spacial score (nSPS) is 29.1. The Balaban J connectivity index is 1.30. The van der Waals surface area contributed by atoms with E-state index in [1.54, 1.807) is 67.7 Å². The van der Waals surface area contributed by atoms with Crippen molar-refractivity contribution in [2.24, 2.45) is 46.3 Å². The second-order valence-corrected chi connectivity index (χ2v) is 26.4. The van der Waals surface area contributed by atoms with E-state index in [0.29, 0.717) is 18.4 Å². The minimum absolute atomic E-state index is 0.0145. The molecule has 1 aliphatic heterocycles. The summed E-state index contributed by atoms with van der Waals surface area (Å²) in [5.74, 6) is -9.09. The van der Waals surface area contributed by atoms with Crippen molar-refractivity contribution < 1.29 is 86.3 Å². The fourth-order valence-electron chi connectivity index (χ4n) is 14.7. The largest absolute Gasteiger partial charge is 0.511 e. The molecular formula is C64H97FN6O17. The standard InChI is InChI=1S/C64H97FN6O17/c1-17-19-20-45-55(54(59(82)71(45)44(18-2)56(79)67(13)33-49(75)66-12)70(16)58(81)53(38(7)8)69(15)57(80)46(29-37(5)6)68(14)50(76)24-21-36(3)4)88-60(83)87-35-86-52(78)26-25-51(77)85-34-48(74)64(84)39(9)30-43-42-23-22-40-31-41(72)27-28-61(40,10)63(42,65)47(73)32-62(43,64)11/h17,19,27-28,31,36-39,42-47,53-55,73,84H,18,20-26,29-30,32-35H2,1-16H3,(H,66,75)/b19-17+/t39-,42?,43?,44+,45-,46+,47+,53+,54+,55-,61+,62+,63+,64+/m1/s1. The van der Waals surface area contributed by atoms with Crippen molar-refractivity contribution in [3.05, 3.63) is 36.0 Å². The van der Waals surface area contributed by atoms with Gasteiger partial charge in [0.25, 0.3) is 0 Å². The van der Waals surface area contributed by atoms with Crippen LogP contribution in [0.4, 0.5) is 9.18 Å². The van der Waals surface area contributed by atoms with Crippen molar-refractivity contribution in [2.75, 3.05) is 55.2 Å². The van der Waals surface area contributed by atoms with Crippen LogP contribution < -0.4 is 5.32 Å². The van der Waals surface area contributed by atoms with Gasteiger partial charge in [0.15, 0.2) is 24.2 Å². The molecule has 492 valence electrons. The van der Waals surface area contributed by atoms with Crippen molar-refractivity contribution in [1.82, 2.24) is 29.8 Å². The third-order valence-electron chi connectivity index (χ3n) is 19.6. The van der Waals surface area contributed by atoms with Gasteiger partial charge in [-0.3, -0.25) is 47.9 Å². The molecule has 1 saturated heterocycles. The Morgan fingerprint density at radius 3 is 2.09 bits per heavy atom. The number of nitrogens with zero attached hydrogens (tertiary/aromatic N) is 5. The number of ether oxygens (including phenoxy) is 4. The van der Waals surface area contributed by atoms with E-state index in [4.69, 9.17) is 18.9 Å². The van der Waals surface area contributed by atoms with Crippen molar-refractivity contribution in [3.63, 3.8) is 0 Å². The van der Waals surface area contributed by atoms with E-state index in [-0.39, 0.29) is 75.0 Å². The van der Waals surface area contributed by atoms with Gasteiger partial charge in [-0.2, -0.15) is 0 Å². The molecule has 24 heteroatoms. The highest BCUT2D eigenvalue weighted by molar-refractivity contribution is 6.01. The van der Waals surface area contributed by atoms with Crippen LogP contribution in [0.3, 0.4) is 0 Å². The van der Waals surface area contributed by atoms with E-state index in [1.807, 2.05) is 27.7 Å². The number of esters is 2. The van der Waals surface area contributed by atoms with Crippen LogP contribution in [0.25, 0.3) is 0 Å².